The van der Waals surface area contributed by atoms with E-state index >= 15 is 0 Å². The van der Waals surface area contributed by atoms with Gasteiger partial charge in [-0.25, -0.2) is 15.0 Å². The van der Waals surface area contributed by atoms with Crippen LogP contribution in [0.3, 0.4) is 0 Å². The molecule has 0 bridgehead atoms. The maximum absolute atomic E-state index is 5.40. The summed E-state index contributed by atoms with van der Waals surface area (Å²) in [5.41, 5.74) is 50.7. The minimum absolute atomic E-state index is 0.319. The summed E-state index contributed by atoms with van der Waals surface area (Å²) >= 11 is 0. The molecule has 0 amide bonds. The van der Waals surface area contributed by atoms with Crippen LogP contribution in [0.4, 0.5) is 0 Å². The monoisotopic (exact) mass is 1800 g/mol. The number of imidazole rings is 3. The molecule has 22 aromatic carbocycles. The number of para-hydroxylation sites is 7. The van der Waals surface area contributed by atoms with E-state index in [-0.39, 0.29) is 10.8 Å². The lowest BCUT2D eigenvalue weighted by Crippen LogP contribution is -2.25. The summed E-state index contributed by atoms with van der Waals surface area (Å²) in [6.07, 6.45) is 0.879. The molecule has 0 N–H and O–H groups in total. The summed E-state index contributed by atoms with van der Waals surface area (Å²) in [5.74, 6) is 2.98. The molecule has 3 heterocycles. The third-order valence-electron chi connectivity index (χ3n) is 31.5. The Hall–Kier alpha value is -18.2. The van der Waals surface area contributed by atoms with Gasteiger partial charge in [0.05, 0.1) is 49.3 Å². The molecular formula is C136H88N6. The van der Waals surface area contributed by atoms with Gasteiger partial charge in [-0.3, -0.25) is 13.7 Å². The summed E-state index contributed by atoms with van der Waals surface area (Å²) in [6, 6.07) is 184. The van der Waals surface area contributed by atoms with Gasteiger partial charge in [0.2, 0.25) is 0 Å². The highest BCUT2D eigenvalue weighted by atomic mass is 15.1. The second kappa shape index (κ2) is 31.7. The van der Waals surface area contributed by atoms with Gasteiger partial charge in [-0.1, -0.05) is 438 Å². The molecule has 142 heavy (non-hydrogen) atoms. The average molecular weight is 1810 g/mol. The van der Waals surface area contributed by atoms with Gasteiger partial charge in [-0.05, 0) is 261 Å². The van der Waals surface area contributed by atoms with E-state index < -0.39 is 5.41 Å². The fraction of sp³-hybridized carbons (Fsp3) is 0.0368. The second-order valence-corrected chi connectivity index (χ2v) is 38.2. The zero-order valence-corrected chi connectivity index (χ0v) is 77.8. The van der Waals surface area contributed by atoms with Crippen molar-refractivity contribution in [2.24, 2.45) is 0 Å². The van der Waals surface area contributed by atoms with Crippen LogP contribution in [0.25, 0.3) is 195 Å². The third-order valence-corrected chi connectivity index (χ3v) is 31.5. The van der Waals surface area contributed by atoms with Gasteiger partial charge in [0.25, 0.3) is 0 Å². The van der Waals surface area contributed by atoms with Gasteiger partial charge in [-0.15, -0.1) is 0 Å². The zero-order valence-electron chi connectivity index (χ0n) is 77.8. The highest BCUT2D eigenvalue weighted by Crippen LogP contribution is 2.69. The van der Waals surface area contributed by atoms with Crippen molar-refractivity contribution in [2.45, 2.75) is 29.6 Å². The Kier molecular flexibility index (Phi) is 18.1. The molecule has 6 nitrogen and oxygen atoms in total. The van der Waals surface area contributed by atoms with Crippen molar-refractivity contribution in [1.82, 2.24) is 28.7 Å². The molecule has 25 aromatic rings. The molecule has 6 heteroatoms. The number of aromatic nitrogens is 6. The Morgan fingerprint density at radius 1 is 0.169 bits per heavy atom. The minimum Gasteiger partial charge on any atom is -0.296 e. The summed E-state index contributed by atoms with van der Waals surface area (Å²) in [6.45, 7) is 2.17. The first kappa shape index (κ1) is 81.0. The summed E-state index contributed by atoms with van der Waals surface area (Å²) in [4.78, 5) is 15.4. The van der Waals surface area contributed by atoms with E-state index in [0.29, 0.717) is 0 Å². The van der Waals surface area contributed by atoms with Crippen LogP contribution in [0, 0.1) is 0 Å². The van der Waals surface area contributed by atoms with Crippen LogP contribution in [-0.2, 0) is 22.7 Å². The number of rotatable bonds is 9. The van der Waals surface area contributed by atoms with Crippen molar-refractivity contribution in [3.8, 4) is 140 Å². The van der Waals surface area contributed by atoms with E-state index in [4.69, 9.17) is 15.0 Å². The van der Waals surface area contributed by atoms with Crippen LogP contribution >= 0.6 is 0 Å². The van der Waals surface area contributed by atoms with Gasteiger partial charge >= 0.3 is 0 Å². The van der Waals surface area contributed by atoms with Crippen LogP contribution in [-0.4, -0.2) is 28.7 Å². The summed E-state index contributed by atoms with van der Waals surface area (Å²) < 4.78 is 6.91. The number of hydrogen-bond donors (Lipinski definition) is 0. The van der Waals surface area contributed by atoms with Crippen LogP contribution < -0.4 is 0 Å². The SMILES string of the molecule is CCc1nc2ccccc2n1-c1ccc(-c2cccc3c2-c2ccccc2C32c3ccccc3-c3ccccc32)cc1.c1ccc(-c2nc3ccccc3n2-c2ccc(-c3cccc4c3-c3ccccc3C43c4ccccc4-c4ccccc43)cc2)cc1.c1ccc(-n2c(-c3c4ccccc4c(-c4cccc5c4-c4ccccc4C54c5ccccc5-c5ccccc54)c4ccccc34)nc3ccccc32)cc1. The topological polar surface area (TPSA) is 53.5 Å². The van der Waals surface area contributed by atoms with Crippen molar-refractivity contribution in [1.29, 1.82) is 0 Å². The lowest BCUT2D eigenvalue weighted by Gasteiger charge is -2.30. The Morgan fingerprint density at radius 3 is 0.803 bits per heavy atom. The Bertz CT molecular complexity index is 9350. The molecule has 6 aliphatic rings. The van der Waals surface area contributed by atoms with Crippen molar-refractivity contribution >= 4 is 54.6 Å². The first-order chi connectivity index (χ1) is 70.5. The van der Waals surface area contributed by atoms with Gasteiger partial charge in [0.1, 0.15) is 17.5 Å². The van der Waals surface area contributed by atoms with Crippen LogP contribution in [0.1, 0.15) is 79.5 Å². The first-order valence-electron chi connectivity index (χ1n) is 49.4. The molecule has 0 unspecified atom stereocenters. The maximum atomic E-state index is 5.40. The molecule has 3 aromatic heterocycles. The van der Waals surface area contributed by atoms with Gasteiger partial charge in [0, 0.05) is 34.6 Å². The third kappa shape index (κ3) is 11.3. The molecule has 0 atom stereocenters. The van der Waals surface area contributed by atoms with E-state index in [9.17, 15) is 0 Å². The lowest BCUT2D eigenvalue weighted by molar-refractivity contribution is 0.794. The summed E-state index contributed by atoms with van der Waals surface area (Å²) in [5, 5.41) is 4.82. The average Bonchev–Trinajstić information content (AvgIpc) is 1.51. The second-order valence-electron chi connectivity index (χ2n) is 38.2. The van der Waals surface area contributed by atoms with E-state index in [1.807, 2.05) is 0 Å². The van der Waals surface area contributed by atoms with Gasteiger partial charge in [0.15, 0.2) is 0 Å². The first-order valence-corrected chi connectivity index (χ1v) is 49.4. The highest BCUT2D eigenvalue weighted by Gasteiger charge is 2.56. The van der Waals surface area contributed by atoms with Crippen LogP contribution in [0.5, 0.6) is 0 Å². The molecule has 0 aliphatic heterocycles. The van der Waals surface area contributed by atoms with E-state index in [1.54, 1.807) is 0 Å². The van der Waals surface area contributed by atoms with Crippen molar-refractivity contribution < 1.29 is 0 Å². The van der Waals surface area contributed by atoms with Crippen LogP contribution in [0.15, 0.2) is 504 Å². The fourth-order valence-electron chi connectivity index (χ4n) is 26.1. The number of nitrogens with zero attached hydrogens (tertiary/aromatic N) is 6. The molecule has 0 saturated carbocycles. The smallest absolute Gasteiger partial charge is 0.146 e. The molecule has 0 saturated heterocycles. The molecular weight excluding hydrogens is 1720 g/mol. The van der Waals surface area contributed by atoms with Crippen molar-refractivity contribution in [3.05, 3.63) is 576 Å². The van der Waals surface area contributed by atoms with Crippen molar-refractivity contribution in [2.75, 3.05) is 0 Å². The number of aryl methyl sites for hydroxylation is 1. The van der Waals surface area contributed by atoms with Gasteiger partial charge in [-0.2, -0.15) is 0 Å². The Morgan fingerprint density at radius 2 is 0.423 bits per heavy atom. The van der Waals surface area contributed by atoms with Crippen molar-refractivity contribution in [3.63, 3.8) is 0 Å². The highest BCUT2D eigenvalue weighted by molar-refractivity contribution is 6.23. The number of fused-ring (bicyclic) bond motifs is 35. The quantitative estimate of drug-likeness (QED) is 0.135. The molecule has 662 valence electrons. The van der Waals surface area contributed by atoms with E-state index in [2.05, 4.69) is 524 Å². The molecule has 0 fully saturated rings. The van der Waals surface area contributed by atoms with Crippen LogP contribution in [0.2, 0.25) is 0 Å². The molecule has 6 aliphatic carbocycles. The predicted molar refractivity (Wildman–Crippen MR) is 584 cm³/mol. The van der Waals surface area contributed by atoms with E-state index in [0.717, 1.165) is 85.2 Å². The number of hydrogen-bond acceptors (Lipinski definition) is 3. The lowest BCUT2D eigenvalue weighted by atomic mass is 9.70. The Labute approximate surface area is 823 Å². The molecule has 3 spiro atoms. The minimum atomic E-state index is -0.402. The fourth-order valence-corrected chi connectivity index (χ4v) is 26.1. The van der Waals surface area contributed by atoms with Gasteiger partial charge < -0.3 is 0 Å². The zero-order chi connectivity index (χ0) is 93.5. The Balaban J connectivity index is 0.000000103. The standard InChI is InChI=1S/C52H32N2.C44H28N2.C40H28N2/c1-2-17-33(18-3-1)54-47-32-15-14-31-46(47)53-51(54)50-38-23-6-4-21-36(38)48(37-22-5-7-24-39(37)50)41-26-16-30-45-49(41)40-25-10-13-29-44(40)52(45)42-27-11-8-19-34(42)35-20-9-12-28-43(35)52;1-2-13-30(14-3-1)43-45-40-23-10-11-24-41(40)46(43)31-27-25-29(26-28-31)32-18-12-22-39-42(32)35-17-6-9-21-38(35)44(39)36-19-7-4-15-33(36)34-16-5-8-20-37(34)44;1-2-38-41-36-20-9-10-21-37(36)42(38)27-24-22-26(23-25-27)28-15-11-19-35-39(28)31-14-5-8-18-34(31)40(35)32-16-6-3-12-29(32)30-13-4-7-17-33(30)40/h1-32H;1-28H;3-25H,2H2,1H3. The van der Waals surface area contributed by atoms with E-state index in [1.165, 1.54) is 188 Å². The largest absolute Gasteiger partial charge is 0.296 e. The number of benzene rings is 22. The molecule has 31 rings (SSSR count). The normalized spacial score (nSPS) is 13.4. The summed E-state index contributed by atoms with van der Waals surface area (Å²) in [7, 11) is 0. The maximum Gasteiger partial charge on any atom is 0.146 e. The predicted octanol–water partition coefficient (Wildman–Crippen LogP) is 33.3. The molecule has 0 radical (unpaired) electrons.